The van der Waals surface area contributed by atoms with Crippen molar-refractivity contribution in [3.05, 3.63) is 77.9 Å². The van der Waals surface area contributed by atoms with Gasteiger partial charge >= 0.3 is 0 Å². The zero-order chi connectivity index (χ0) is 23.8. The summed E-state index contributed by atoms with van der Waals surface area (Å²) in [5.41, 5.74) is 2.79. The highest BCUT2D eigenvalue weighted by molar-refractivity contribution is 5.35. The number of ether oxygens (including phenoxy) is 2. The molecule has 4 rings (SSSR count). The van der Waals surface area contributed by atoms with Crippen molar-refractivity contribution in [2.45, 2.75) is 58.2 Å². The Morgan fingerprint density at radius 2 is 1.97 bits per heavy atom. The molecule has 1 aliphatic rings. The molecule has 2 heterocycles. The molecule has 0 amide bonds. The molecule has 6 nitrogen and oxygen atoms in total. The van der Waals surface area contributed by atoms with E-state index in [-0.39, 0.29) is 0 Å². The molecule has 6 heteroatoms. The van der Waals surface area contributed by atoms with E-state index in [0.717, 1.165) is 62.5 Å². The van der Waals surface area contributed by atoms with Crippen LogP contribution in [-0.2, 0) is 13.1 Å². The lowest BCUT2D eigenvalue weighted by Gasteiger charge is -2.27. The molecule has 1 saturated heterocycles. The van der Waals surface area contributed by atoms with Gasteiger partial charge in [-0.1, -0.05) is 29.8 Å². The van der Waals surface area contributed by atoms with Crippen LogP contribution in [0, 0.1) is 13.8 Å². The van der Waals surface area contributed by atoms with Gasteiger partial charge in [0.2, 0.25) is 0 Å². The minimum absolute atomic E-state index is 0.340. The lowest BCUT2D eigenvalue weighted by Crippen LogP contribution is -2.37. The van der Waals surface area contributed by atoms with Crippen molar-refractivity contribution in [2.24, 2.45) is 0 Å². The summed E-state index contributed by atoms with van der Waals surface area (Å²) in [5.74, 6) is 1.78. The molecule has 0 bridgehead atoms. The smallest absolute Gasteiger partial charge is 0.122 e. The third-order valence-electron chi connectivity index (χ3n) is 6.53. The maximum absolute atomic E-state index is 11.2. The number of hydrogen-bond donors (Lipinski definition) is 1. The summed E-state index contributed by atoms with van der Waals surface area (Å²) < 4.78 is 14.1. The monoisotopic (exact) mass is 463 g/mol. The van der Waals surface area contributed by atoms with Gasteiger partial charge in [-0.25, -0.2) is 4.98 Å². The van der Waals surface area contributed by atoms with Gasteiger partial charge in [0.05, 0.1) is 18.5 Å². The van der Waals surface area contributed by atoms with E-state index in [4.69, 9.17) is 9.47 Å². The average molecular weight is 464 g/mol. The highest BCUT2D eigenvalue weighted by Gasteiger charge is 2.31. The van der Waals surface area contributed by atoms with Gasteiger partial charge in [0, 0.05) is 32.0 Å². The minimum Gasteiger partial charge on any atom is -0.494 e. The third-order valence-corrected chi connectivity index (χ3v) is 6.53. The van der Waals surface area contributed by atoms with Crippen molar-refractivity contribution in [2.75, 3.05) is 26.3 Å². The maximum atomic E-state index is 11.2. The number of aromatic nitrogens is 2. The van der Waals surface area contributed by atoms with Crippen LogP contribution in [0.3, 0.4) is 0 Å². The summed E-state index contributed by atoms with van der Waals surface area (Å²) >= 11 is 0. The van der Waals surface area contributed by atoms with Crippen LogP contribution in [0.1, 0.15) is 42.4 Å². The number of rotatable bonds is 10. The lowest BCUT2D eigenvalue weighted by molar-refractivity contribution is -0.0170. The van der Waals surface area contributed by atoms with Crippen molar-refractivity contribution < 1.29 is 14.6 Å². The van der Waals surface area contributed by atoms with Crippen LogP contribution in [0.25, 0.3) is 0 Å². The number of aliphatic hydroxyl groups is 1. The summed E-state index contributed by atoms with van der Waals surface area (Å²) in [6, 6.07) is 14.5. The lowest BCUT2D eigenvalue weighted by atomic mass is 9.96. The predicted molar refractivity (Wildman–Crippen MR) is 134 cm³/mol. The SMILES string of the molecule is Cc1ccc(OC[C@@]2(O)CCCN(Cc3cccc(OCCCn4ccnc4)c3)CC2)c(C)c1. The summed E-state index contributed by atoms with van der Waals surface area (Å²) in [7, 11) is 0. The van der Waals surface area contributed by atoms with Crippen LogP contribution in [0.2, 0.25) is 0 Å². The van der Waals surface area contributed by atoms with Crippen molar-refractivity contribution in [1.82, 2.24) is 14.5 Å². The normalized spacial score (nSPS) is 19.0. The van der Waals surface area contributed by atoms with Crippen molar-refractivity contribution in [3.8, 4) is 11.5 Å². The molecule has 2 aromatic carbocycles. The van der Waals surface area contributed by atoms with Gasteiger partial charge in [0.25, 0.3) is 0 Å². The molecular weight excluding hydrogens is 426 g/mol. The van der Waals surface area contributed by atoms with E-state index in [0.29, 0.717) is 19.6 Å². The van der Waals surface area contributed by atoms with Gasteiger partial charge in [-0.05, 0) is 75.4 Å². The van der Waals surface area contributed by atoms with Gasteiger partial charge in [0.15, 0.2) is 0 Å². The summed E-state index contributed by atoms with van der Waals surface area (Å²) in [4.78, 5) is 6.49. The fourth-order valence-electron chi connectivity index (χ4n) is 4.56. The first-order valence-corrected chi connectivity index (χ1v) is 12.3. The largest absolute Gasteiger partial charge is 0.494 e. The standard InChI is InChI=1S/C28H37N3O3/c1-23-8-9-27(24(2)18-23)34-21-28(32)10-4-13-30(15-11-28)20-25-6-3-7-26(19-25)33-17-5-14-31-16-12-29-22-31/h3,6-9,12,16,18-19,22,32H,4-5,10-11,13-15,17,20-21H2,1-2H3/t28-/m1/s1. The van der Waals surface area contributed by atoms with Gasteiger partial charge < -0.3 is 19.1 Å². The molecule has 1 fully saturated rings. The number of nitrogens with zero attached hydrogens (tertiary/aromatic N) is 3. The topological polar surface area (TPSA) is 59.8 Å². The molecule has 0 spiro atoms. The molecule has 1 atom stereocenters. The highest BCUT2D eigenvalue weighted by Crippen LogP contribution is 2.27. The first kappa shape index (κ1) is 24.3. The van der Waals surface area contributed by atoms with Crippen LogP contribution in [0.5, 0.6) is 11.5 Å². The molecule has 0 saturated carbocycles. The number of hydrogen-bond acceptors (Lipinski definition) is 5. The Morgan fingerprint density at radius 3 is 2.79 bits per heavy atom. The van der Waals surface area contributed by atoms with Crippen LogP contribution in [-0.4, -0.2) is 51.5 Å². The molecule has 0 radical (unpaired) electrons. The molecule has 3 aromatic rings. The van der Waals surface area contributed by atoms with Crippen LogP contribution >= 0.6 is 0 Å². The summed E-state index contributed by atoms with van der Waals surface area (Å²) in [6.45, 7) is 8.74. The molecule has 34 heavy (non-hydrogen) atoms. The van der Waals surface area contributed by atoms with Crippen molar-refractivity contribution in [3.63, 3.8) is 0 Å². The Bertz CT molecular complexity index is 1040. The van der Waals surface area contributed by atoms with E-state index < -0.39 is 5.60 Å². The Labute approximate surface area is 203 Å². The second kappa shape index (κ2) is 11.5. The van der Waals surface area contributed by atoms with Gasteiger partial charge in [-0.3, -0.25) is 4.90 Å². The van der Waals surface area contributed by atoms with E-state index >= 15 is 0 Å². The van der Waals surface area contributed by atoms with Crippen LogP contribution in [0.4, 0.5) is 0 Å². The zero-order valence-corrected chi connectivity index (χ0v) is 20.4. The average Bonchev–Trinajstić information content (AvgIpc) is 3.27. The first-order valence-electron chi connectivity index (χ1n) is 12.3. The number of benzene rings is 2. The molecule has 1 aromatic heterocycles. The molecule has 1 aliphatic heterocycles. The fraction of sp³-hybridized carbons (Fsp3) is 0.464. The zero-order valence-electron chi connectivity index (χ0n) is 20.4. The molecule has 0 aliphatic carbocycles. The maximum Gasteiger partial charge on any atom is 0.122 e. The summed E-state index contributed by atoms with van der Waals surface area (Å²) in [6.07, 6.45) is 8.96. The van der Waals surface area contributed by atoms with Gasteiger partial charge in [0.1, 0.15) is 18.1 Å². The second-order valence-corrected chi connectivity index (χ2v) is 9.56. The fourth-order valence-corrected chi connectivity index (χ4v) is 4.56. The Balaban J connectivity index is 1.24. The van der Waals surface area contributed by atoms with E-state index in [1.54, 1.807) is 6.20 Å². The van der Waals surface area contributed by atoms with Gasteiger partial charge in [-0.2, -0.15) is 0 Å². The van der Waals surface area contributed by atoms with E-state index in [1.807, 2.05) is 24.7 Å². The summed E-state index contributed by atoms with van der Waals surface area (Å²) in [5, 5.41) is 11.2. The first-order chi connectivity index (χ1) is 16.5. The highest BCUT2D eigenvalue weighted by atomic mass is 16.5. The molecule has 0 unspecified atom stereocenters. The molecule has 182 valence electrons. The van der Waals surface area contributed by atoms with Crippen LogP contribution in [0.15, 0.2) is 61.2 Å². The predicted octanol–water partition coefficient (Wildman–Crippen LogP) is 4.77. The van der Waals surface area contributed by atoms with E-state index in [1.165, 1.54) is 11.1 Å². The molecule has 1 N–H and O–H groups in total. The van der Waals surface area contributed by atoms with Crippen LogP contribution < -0.4 is 9.47 Å². The van der Waals surface area contributed by atoms with E-state index in [9.17, 15) is 5.11 Å². The number of aryl methyl sites for hydroxylation is 3. The Kier molecular flexibility index (Phi) is 8.25. The Hall–Kier alpha value is -2.83. The van der Waals surface area contributed by atoms with Gasteiger partial charge in [-0.15, -0.1) is 0 Å². The Morgan fingerprint density at radius 1 is 1.06 bits per heavy atom. The molecular formula is C28H37N3O3. The van der Waals surface area contributed by atoms with E-state index in [2.05, 4.69) is 58.6 Å². The van der Waals surface area contributed by atoms with Crippen molar-refractivity contribution in [1.29, 1.82) is 0 Å². The number of likely N-dealkylation sites (tertiary alicyclic amines) is 1. The second-order valence-electron chi connectivity index (χ2n) is 9.56. The quantitative estimate of drug-likeness (QED) is 0.439. The third kappa shape index (κ3) is 7.08. The minimum atomic E-state index is -0.785. The van der Waals surface area contributed by atoms with Crippen molar-refractivity contribution >= 4 is 0 Å². The number of imidazole rings is 1.